The Morgan fingerprint density at radius 3 is 2.59 bits per heavy atom. The molecule has 0 spiro atoms. The van der Waals surface area contributed by atoms with E-state index in [4.69, 9.17) is 16.6 Å². The van der Waals surface area contributed by atoms with Crippen LogP contribution in [-0.4, -0.2) is 36.4 Å². The Morgan fingerprint density at radius 1 is 1.18 bits per heavy atom. The Hall–Kier alpha value is -3.14. The molecule has 1 amide bonds. The number of hydrogen-bond acceptors (Lipinski definition) is 7. The smallest absolute Gasteiger partial charge is 0.230 e. The Bertz CT molecular complexity index is 1270. The standard InChI is InChI=1S/C24H24ClN7OS/c1-14(2)22-21-19(13-32(22)12-16-5-9-18(25)10-6-16)34-24(27-21)26-20(33)11-15-3-7-17(8-4-15)23-28-30-31-29-23/h3-10,14,22H,11-13H2,1-2H3,(H,26,27,33)(H,28,29,30,31)/t22-/m0/s1. The SMILES string of the molecule is CC(C)[C@H]1c2nc(NC(=O)Cc3ccc(-c4nn[nH]n4)cc3)sc2CN1Cc1ccc(Cl)cc1. The maximum Gasteiger partial charge on any atom is 0.230 e. The van der Waals surface area contributed by atoms with E-state index in [1.54, 1.807) is 11.3 Å². The van der Waals surface area contributed by atoms with Crippen molar-refractivity contribution in [3.05, 3.63) is 75.3 Å². The van der Waals surface area contributed by atoms with Crippen molar-refractivity contribution in [3.63, 3.8) is 0 Å². The fraction of sp³-hybridized carbons (Fsp3) is 0.292. The van der Waals surface area contributed by atoms with Crippen LogP contribution in [0.1, 0.15) is 41.6 Å². The van der Waals surface area contributed by atoms with Crippen LogP contribution in [-0.2, 0) is 24.3 Å². The normalized spacial score (nSPS) is 15.6. The van der Waals surface area contributed by atoms with Crippen molar-refractivity contribution in [3.8, 4) is 11.4 Å². The summed E-state index contributed by atoms with van der Waals surface area (Å²) >= 11 is 7.60. The molecule has 0 aliphatic carbocycles. The van der Waals surface area contributed by atoms with Crippen LogP contribution in [0.4, 0.5) is 5.13 Å². The first-order valence-corrected chi connectivity index (χ1v) is 12.3. The fourth-order valence-corrected chi connectivity index (χ4v) is 5.51. The first-order valence-electron chi connectivity index (χ1n) is 11.1. The number of amides is 1. The summed E-state index contributed by atoms with van der Waals surface area (Å²) < 4.78 is 0. The second kappa shape index (κ2) is 9.61. The molecule has 34 heavy (non-hydrogen) atoms. The molecule has 0 unspecified atom stereocenters. The van der Waals surface area contributed by atoms with Crippen LogP contribution in [0.2, 0.25) is 5.02 Å². The van der Waals surface area contributed by atoms with E-state index >= 15 is 0 Å². The van der Waals surface area contributed by atoms with Crippen LogP contribution in [0.3, 0.4) is 0 Å². The monoisotopic (exact) mass is 493 g/mol. The van der Waals surface area contributed by atoms with Gasteiger partial charge in [-0.2, -0.15) is 5.21 Å². The van der Waals surface area contributed by atoms with Gasteiger partial charge in [0.25, 0.3) is 0 Å². The van der Waals surface area contributed by atoms with Crippen molar-refractivity contribution in [1.29, 1.82) is 0 Å². The van der Waals surface area contributed by atoms with Crippen LogP contribution >= 0.6 is 22.9 Å². The van der Waals surface area contributed by atoms with Gasteiger partial charge in [-0.25, -0.2) is 4.98 Å². The number of aromatic amines is 1. The average molecular weight is 494 g/mol. The van der Waals surface area contributed by atoms with E-state index in [2.05, 4.69) is 56.8 Å². The van der Waals surface area contributed by atoms with Gasteiger partial charge in [-0.05, 0) is 34.4 Å². The van der Waals surface area contributed by atoms with Crippen LogP contribution in [0.5, 0.6) is 0 Å². The minimum Gasteiger partial charge on any atom is -0.302 e. The van der Waals surface area contributed by atoms with Gasteiger partial charge in [0.05, 0.1) is 18.2 Å². The highest BCUT2D eigenvalue weighted by atomic mass is 35.5. The largest absolute Gasteiger partial charge is 0.302 e. The lowest BCUT2D eigenvalue weighted by atomic mass is 10.0. The molecule has 1 aliphatic rings. The molecule has 2 N–H and O–H groups in total. The molecule has 1 aliphatic heterocycles. The number of nitrogens with zero attached hydrogens (tertiary/aromatic N) is 5. The van der Waals surface area contributed by atoms with Crippen LogP contribution in [0.25, 0.3) is 11.4 Å². The highest BCUT2D eigenvalue weighted by Crippen LogP contribution is 2.43. The van der Waals surface area contributed by atoms with Gasteiger partial charge >= 0.3 is 0 Å². The quantitative estimate of drug-likeness (QED) is 0.381. The number of hydrogen-bond donors (Lipinski definition) is 2. The van der Waals surface area contributed by atoms with Crippen LogP contribution in [0.15, 0.2) is 48.5 Å². The highest BCUT2D eigenvalue weighted by molar-refractivity contribution is 7.15. The number of fused-ring (bicyclic) bond motifs is 1. The molecule has 0 saturated heterocycles. The maximum absolute atomic E-state index is 12.7. The molecule has 10 heteroatoms. The molecule has 5 rings (SSSR count). The summed E-state index contributed by atoms with van der Waals surface area (Å²) in [5, 5.41) is 18.3. The van der Waals surface area contributed by atoms with E-state index in [0.717, 1.165) is 34.9 Å². The van der Waals surface area contributed by atoms with E-state index in [1.807, 2.05) is 36.4 Å². The predicted octanol–water partition coefficient (Wildman–Crippen LogP) is 4.87. The third-order valence-electron chi connectivity index (χ3n) is 5.85. The van der Waals surface area contributed by atoms with Crippen molar-refractivity contribution in [1.82, 2.24) is 30.5 Å². The number of thiazole rings is 1. The fourth-order valence-electron chi connectivity index (χ4n) is 4.34. The van der Waals surface area contributed by atoms with Gasteiger partial charge < -0.3 is 5.32 Å². The first kappa shape index (κ1) is 22.6. The summed E-state index contributed by atoms with van der Waals surface area (Å²) in [4.78, 5) is 21.1. The number of rotatable bonds is 7. The number of carbonyl (C=O) groups is 1. The number of H-pyrrole nitrogens is 1. The third kappa shape index (κ3) is 4.86. The van der Waals surface area contributed by atoms with Crippen LogP contribution < -0.4 is 5.32 Å². The lowest BCUT2D eigenvalue weighted by molar-refractivity contribution is -0.115. The molecule has 0 saturated carbocycles. The van der Waals surface area contributed by atoms with Crippen molar-refractivity contribution < 1.29 is 4.79 Å². The summed E-state index contributed by atoms with van der Waals surface area (Å²) in [5.41, 5.74) is 4.05. The van der Waals surface area contributed by atoms with E-state index < -0.39 is 0 Å². The lowest BCUT2D eigenvalue weighted by Gasteiger charge is -2.27. The molecule has 8 nitrogen and oxygen atoms in total. The highest BCUT2D eigenvalue weighted by Gasteiger charge is 2.36. The minimum absolute atomic E-state index is 0.0844. The number of carbonyl (C=O) groups excluding carboxylic acids is 1. The number of nitrogens with one attached hydrogen (secondary N) is 2. The molecule has 174 valence electrons. The van der Waals surface area contributed by atoms with Gasteiger partial charge in [0.1, 0.15) is 0 Å². The molecule has 1 atom stereocenters. The molecule has 3 heterocycles. The number of aromatic nitrogens is 5. The van der Waals surface area contributed by atoms with Crippen molar-refractivity contribution in [2.45, 2.75) is 39.4 Å². The Morgan fingerprint density at radius 2 is 1.91 bits per heavy atom. The summed E-state index contributed by atoms with van der Waals surface area (Å²) in [6, 6.07) is 15.8. The Balaban J connectivity index is 1.23. The summed E-state index contributed by atoms with van der Waals surface area (Å²) in [5.74, 6) is 0.842. The maximum atomic E-state index is 12.7. The van der Waals surface area contributed by atoms with E-state index in [1.165, 1.54) is 10.4 Å². The van der Waals surface area contributed by atoms with Crippen molar-refractivity contribution in [2.75, 3.05) is 5.32 Å². The summed E-state index contributed by atoms with van der Waals surface area (Å²) in [7, 11) is 0. The lowest BCUT2D eigenvalue weighted by Crippen LogP contribution is -2.26. The van der Waals surface area contributed by atoms with E-state index in [-0.39, 0.29) is 18.4 Å². The average Bonchev–Trinajstić information content (AvgIpc) is 3.52. The third-order valence-corrected chi connectivity index (χ3v) is 7.07. The number of benzene rings is 2. The second-order valence-corrected chi connectivity index (χ2v) is 10.2. The van der Waals surface area contributed by atoms with Crippen molar-refractivity contribution >= 4 is 34.0 Å². The van der Waals surface area contributed by atoms with Gasteiger partial charge in [0.15, 0.2) is 5.13 Å². The zero-order valence-corrected chi connectivity index (χ0v) is 20.4. The Labute approximate surface area is 206 Å². The zero-order chi connectivity index (χ0) is 23.7. The summed E-state index contributed by atoms with van der Waals surface area (Å²) in [6.07, 6.45) is 0.271. The topological polar surface area (TPSA) is 99.7 Å². The minimum atomic E-state index is -0.0844. The Kier molecular flexibility index (Phi) is 6.40. The molecule has 2 aromatic carbocycles. The van der Waals surface area contributed by atoms with E-state index in [0.29, 0.717) is 16.9 Å². The molecule has 0 bridgehead atoms. The second-order valence-electron chi connectivity index (χ2n) is 8.71. The molecule has 2 aromatic heterocycles. The number of tetrazole rings is 1. The molecule has 0 fully saturated rings. The van der Waals surface area contributed by atoms with E-state index in [9.17, 15) is 4.79 Å². The van der Waals surface area contributed by atoms with Gasteiger partial charge in [0, 0.05) is 28.6 Å². The summed E-state index contributed by atoms with van der Waals surface area (Å²) in [6.45, 7) is 6.09. The number of anilines is 1. The molecular formula is C24H24ClN7OS. The van der Waals surface area contributed by atoms with Gasteiger partial charge in [-0.15, -0.1) is 21.5 Å². The zero-order valence-electron chi connectivity index (χ0n) is 18.8. The van der Waals surface area contributed by atoms with Crippen LogP contribution in [0, 0.1) is 5.92 Å². The predicted molar refractivity (Wildman–Crippen MR) is 132 cm³/mol. The molecule has 0 radical (unpaired) electrons. The van der Waals surface area contributed by atoms with Gasteiger partial charge in [0.2, 0.25) is 11.7 Å². The van der Waals surface area contributed by atoms with Crippen molar-refractivity contribution in [2.24, 2.45) is 5.92 Å². The van der Waals surface area contributed by atoms with Gasteiger partial charge in [-0.1, -0.05) is 61.8 Å². The van der Waals surface area contributed by atoms with Gasteiger partial charge in [-0.3, -0.25) is 9.69 Å². The first-order chi connectivity index (χ1) is 16.5. The number of halogens is 1. The molecule has 4 aromatic rings. The molecular weight excluding hydrogens is 470 g/mol.